The standard InChI is InChI=1S/C22H26O8/c1-7-10(2)20(25)29-18-17-12(4)21(26)28-15(17)8-11(3)14-9-16(24)22(6,30-14)19(18)27-13(5)23/h7,9,11,15,17-19H,4,8H2,1-3,5-6H3/b10-7-/t11-,15-,17+,18+,19-,22-/m1/s1. The maximum absolute atomic E-state index is 12.9. The van der Waals surface area contributed by atoms with Crippen molar-refractivity contribution in [1.29, 1.82) is 0 Å². The fourth-order valence-electron chi connectivity index (χ4n) is 4.08. The van der Waals surface area contributed by atoms with E-state index in [1.165, 1.54) is 19.9 Å². The Balaban J connectivity index is 2.17. The molecule has 8 heteroatoms. The summed E-state index contributed by atoms with van der Waals surface area (Å²) in [6.45, 7) is 11.6. The molecular formula is C22H26O8. The van der Waals surface area contributed by atoms with E-state index in [4.69, 9.17) is 18.9 Å². The SMILES string of the molecule is C=C1C(=O)O[C@@H]2C[C@@H](C)C3=CC(=O)[C@@](C)(O3)[C@H](OC(C)=O)[C@@H](OC(=O)/C(C)=C\C)[C@@H]12. The third-order valence-electron chi connectivity index (χ3n) is 5.97. The Bertz CT molecular complexity index is 882. The number of carbonyl (C=O) groups excluding carboxylic acids is 4. The summed E-state index contributed by atoms with van der Waals surface area (Å²) in [7, 11) is 0. The quantitative estimate of drug-likeness (QED) is 0.390. The third kappa shape index (κ3) is 3.55. The Labute approximate surface area is 174 Å². The number of rotatable bonds is 3. The summed E-state index contributed by atoms with van der Waals surface area (Å²) in [5.41, 5.74) is -1.20. The van der Waals surface area contributed by atoms with Gasteiger partial charge in [-0.3, -0.25) is 9.59 Å². The molecule has 3 aliphatic heterocycles. The lowest BCUT2D eigenvalue weighted by Crippen LogP contribution is -2.57. The van der Waals surface area contributed by atoms with Crippen molar-refractivity contribution in [2.45, 2.75) is 65.0 Å². The van der Waals surface area contributed by atoms with E-state index in [0.29, 0.717) is 17.8 Å². The van der Waals surface area contributed by atoms with Crippen LogP contribution in [0.5, 0.6) is 0 Å². The van der Waals surface area contributed by atoms with Gasteiger partial charge in [0.05, 0.1) is 5.92 Å². The molecule has 0 spiro atoms. The van der Waals surface area contributed by atoms with Gasteiger partial charge in [0.15, 0.2) is 12.2 Å². The maximum atomic E-state index is 12.9. The van der Waals surface area contributed by atoms with Crippen LogP contribution in [0.3, 0.4) is 0 Å². The third-order valence-corrected chi connectivity index (χ3v) is 5.97. The Hall–Kier alpha value is -2.90. The van der Waals surface area contributed by atoms with Gasteiger partial charge in [0, 0.05) is 30.1 Å². The zero-order valence-electron chi connectivity index (χ0n) is 17.7. The Morgan fingerprint density at radius 3 is 2.53 bits per heavy atom. The smallest absolute Gasteiger partial charge is 0.334 e. The number of esters is 3. The number of ether oxygens (including phenoxy) is 4. The van der Waals surface area contributed by atoms with Crippen LogP contribution >= 0.6 is 0 Å². The predicted molar refractivity (Wildman–Crippen MR) is 104 cm³/mol. The Morgan fingerprint density at radius 1 is 1.27 bits per heavy atom. The normalized spacial score (nSPS) is 35.9. The first-order valence-corrected chi connectivity index (χ1v) is 9.85. The molecule has 3 rings (SSSR count). The molecule has 0 aliphatic carbocycles. The highest BCUT2D eigenvalue weighted by Crippen LogP contribution is 2.45. The molecule has 0 aromatic heterocycles. The number of allylic oxidation sites excluding steroid dienone is 2. The van der Waals surface area contributed by atoms with Gasteiger partial charge in [-0.1, -0.05) is 19.6 Å². The molecule has 0 N–H and O–H groups in total. The fourth-order valence-corrected chi connectivity index (χ4v) is 4.08. The average Bonchev–Trinajstić information content (AvgIpc) is 3.13. The predicted octanol–water partition coefficient (Wildman–Crippen LogP) is 2.18. The van der Waals surface area contributed by atoms with Gasteiger partial charge in [-0.05, 0) is 27.2 Å². The van der Waals surface area contributed by atoms with Crippen molar-refractivity contribution in [3.8, 4) is 0 Å². The monoisotopic (exact) mass is 418 g/mol. The Kier molecular flexibility index (Phi) is 5.62. The molecule has 0 aromatic carbocycles. The van der Waals surface area contributed by atoms with Crippen LogP contribution in [-0.2, 0) is 38.1 Å². The minimum Gasteiger partial charge on any atom is -0.479 e. The van der Waals surface area contributed by atoms with Gasteiger partial charge in [-0.2, -0.15) is 0 Å². The van der Waals surface area contributed by atoms with Crippen LogP contribution in [0.4, 0.5) is 0 Å². The molecule has 0 radical (unpaired) electrons. The molecule has 6 atom stereocenters. The van der Waals surface area contributed by atoms with Gasteiger partial charge in [-0.25, -0.2) is 9.59 Å². The van der Waals surface area contributed by atoms with Crippen LogP contribution in [0.15, 0.2) is 35.6 Å². The number of hydrogen-bond donors (Lipinski definition) is 0. The van der Waals surface area contributed by atoms with E-state index >= 15 is 0 Å². The fraction of sp³-hybridized carbons (Fsp3) is 0.545. The lowest BCUT2D eigenvalue weighted by Gasteiger charge is -2.38. The molecule has 2 fully saturated rings. The lowest BCUT2D eigenvalue weighted by molar-refractivity contribution is -0.193. The van der Waals surface area contributed by atoms with Crippen LogP contribution in [0, 0.1) is 11.8 Å². The number of fused-ring (bicyclic) bond motifs is 3. The summed E-state index contributed by atoms with van der Waals surface area (Å²) in [5, 5.41) is 0. The molecule has 0 aromatic rings. The van der Waals surface area contributed by atoms with E-state index < -0.39 is 53.5 Å². The van der Waals surface area contributed by atoms with Crippen LogP contribution in [0.2, 0.25) is 0 Å². The van der Waals surface area contributed by atoms with Crippen LogP contribution in [0.1, 0.15) is 41.0 Å². The van der Waals surface area contributed by atoms with Crippen molar-refractivity contribution in [2.75, 3.05) is 0 Å². The first-order chi connectivity index (χ1) is 14.0. The second-order valence-corrected chi connectivity index (χ2v) is 8.12. The van der Waals surface area contributed by atoms with Crippen molar-refractivity contribution < 1.29 is 38.1 Å². The van der Waals surface area contributed by atoms with Gasteiger partial charge < -0.3 is 18.9 Å². The molecule has 8 nitrogen and oxygen atoms in total. The van der Waals surface area contributed by atoms with E-state index in [2.05, 4.69) is 6.58 Å². The van der Waals surface area contributed by atoms with Crippen molar-refractivity contribution >= 4 is 23.7 Å². The number of hydrogen-bond acceptors (Lipinski definition) is 8. The zero-order valence-corrected chi connectivity index (χ0v) is 17.7. The molecule has 3 heterocycles. The summed E-state index contributed by atoms with van der Waals surface area (Å²) in [4.78, 5) is 49.9. The summed E-state index contributed by atoms with van der Waals surface area (Å²) in [6.07, 6.45) is 0.0595. The van der Waals surface area contributed by atoms with Crippen molar-refractivity contribution in [3.63, 3.8) is 0 Å². The highest BCUT2D eigenvalue weighted by Gasteiger charge is 2.60. The van der Waals surface area contributed by atoms with Gasteiger partial charge >= 0.3 is 17.9 Å². The van der Waals surface area contributed by atoms with E-state index in [1.807, 2.05) is 6.92 Å². The first kappa shape index (κ1) is 21.8. The highest BCUT2D eigenvalue weighted by molar-refractivity contribution is 6.00. The summed E-state index contributed by atoms with van der Waals surface area (Å²) < 4.78 is 22.8. The van der Waals surface area contributed by atoms with Crippen molar-refractivity contribution in [2.24, 2.45) is 11.8 Å². The summed E-state index contributed by atoms with van der Waals surface area (Å²) >= 11 is 0. The van der Waals surface area contributed by atoms with Crippen LogP contribution in [0.25, 0.3) is 0 Å². The lowest BCUT2D eigenvalue weighted by atomic mass is 9.78. The molecule has 30 heavy (non-hydrogen) atoms. The Morgan fingerprint density at radius 2 is 1.93 bits per heavy atom. The largest absolute Gasteiger partial charge is 0.479 e. The second-order valence-electron chi connectivity index (χ2n) is 8.12. The molecule has 3 aliphatic rings. The molecule has 0 saturated carbocycles. The van der Waals surface area contributed by atoms with Gasteiger partial charge in [-0.15, -0.1) is 0 Å². The molecule has 0 unspecified atom stereocenters. The van der Waals surface area contributed by atoms with Crippen molar-refractivity contribution in [3.05, 3.63) is 35.6 Å². The molecule has 2 saturated heterocycles. The second kappa shape index (κ2) is 7.74. The average molecular weight is 418 g/mol. The van der Waals surface area contributed by atoms with Crippen molar-refractivity contribution in [1.82, 2.24) is 0 Å². The summed E-state index contributed by atoms with van der Waals surface area (Å²) in [6, 6.07) is 0. The number of ketones is 1. The van der Waals surface area contributed by atoms with E-state index in [0.717, 1.165) is 0 Å². The highest BCUT2D eigenvalue weighted by atomic mass is 16.6. The minimum atomic E-state index is -1.62. The molecule has 0 amide bonds. The topological polar surface area (TPSA) is 105 Å². The van der Waals surface area contributed by atoms with Crippen LogP contribution in [-0.4, -0.2) is 47.6 Å². The molecular weight excluding hydrogens is 392 g/mol. The molecule has 162 valence electrons. The van der Waals surface area contributed by atoms with Gasteiger partial charge in [0.2, 0.25) is 11.4 Å². The van der Waals surface area contributed by atoms with Crippen LogP contribution < -0.4 is 0 Å². The van der Waals surface area contributed by atoms with Gasteiger partial charge in [0.25, 0.3) is 0 Å². The summed E-state index contributed by atoms with van der Waals surface area (Å²) in [5.74, 6) is -3.02. The van der Waals surface area contributed by atoms with E-state index in [1.54, 1.807) is 19.9 Å². The maximum Gasteiger partial charge on any atom is 0.334 e. The minimum absolute atomic E-state index is 0.100. The number of carbonyl (C=O) groups is 4. The first-order valence-electron chi connectivity index (χ1n) is 9.85. The zero-order chi connectivity index (χ0) is 22.4. The molecule has 2 bridgehead atoms. The van der Waals surface area contributed by atoms with E-state index in [-0.39, 0.29) is 11.5 Å². The van der Waals surface area contributed by atoms with Gasteiger partial charge in [0.1, 0.15) is 11.9 Å². The van der Waals surface area contributed by atoms with E-state index in [9.17, 15) is 19.2 Å².